The maximum absolute atomic E-state index is 14.3. The van der Waals surface area contributed by atoms with Crippen LogP contribution < -0.4 is 5.32 Å². The number of imidazole rings is 1. The van der Waals surface area contributed by atoms with Crippen LogP contribution in [0.4, 0.5) is 4.39 Å². The van der Waals surface area contributed by atoms with Crippen molar-refractivity contribution in [1.82, 2.24) is 15.3 Å². The third-order valence-corrected chi connectivity index (χ3v) is 5.30. The molecule has 1 heterocycles. The van der Waals surface area contributed by atoms with Gasteiger partial charge in [-0.25, -0.2) is 14.2 Å². The number of aromatic amines is 1. The summed E-state index contributed by atoms with van der Waals surface area (Å²) in [6.45, 7) is 1.74. The molecule has 0 aliphatic carbocycles. The molecular formula is C23H17ClFN3O4. The second-order valence-corrected chi connectivity index (χ2v) is 7.61. The van der Waals surface area contributed by atoms with Crippen LogP contribution in [0.1, 0.15) is 27.5 Å². The third kappa shape index (κ3) is 4.00. The number of halogens is 2. The number of benzene rings is 3. The second-order valence-electron chi connectivity index (χ2n) is 7.21. The number of carbonyl (C=O) groups is 2. The number of aromatic hydroxyl groups is 1. The molecule has 4 N–H and O–H groups in total. The fourth-order valence-corrected chi connectivity index (χ4v) is 3.69. The average Bonchev–Trinajstić information content (AvgIpc) is 3.16. The first-order valence-corrected chi connectivity index (χ1v) is 9.89. The Balaban J connectivity index is 1.69. The number of carbonyl (C=O) groups excluding carboxylic acids is 1. The van der Waals surface area contributed by atoms with Crippen molar-refractivity contribution in [3.63, 3.8) is 0 Å². The van der Waals surface area contributed by atoms with Crippen molar-refractivity contribution in [3.8, 4) is 17.1 Å². The van der Waals surface area contributed by atoms with E-state index in [1.165, 1.54) is 42.5 Å². The van der Waals surface area contributed by atoms with Crippen LogP contribution >= 0.6 is 11.6 Å². The standard InChI is InChI=1S/C23H17ClFN3O4/c1-11-9-13(22(30)28-20(23(31)32)12-5-7-14(29)8-6-12)10-17-19(11)27-21(26-17)18-15(24)3-2-4-16(18)25/h2-10,20,29H,1H3,(H,26,27)(H,28,30)(H,31,32). The molecule has 0 saturated heterocycles. The van der Waals surface area contributed by atoms with E-state index in [0.29, 0.717) is 22.2 Å². The highest BCUT2D eigenvalue weighted by Crippen LogP contribution is 2.31. The molecule has 0 aliphatic heterocycles. The largest absolute Gasteiger partial charge is 0.508 e. The summed E-state index contributed by atoms with van der Waals surface area (Å²) in [4.78, 5) is 32.0. The minimum atomic E-state index is -1.31. The lowest BCUT2D eigenvalue weighted by Gasteiger charge is -2.15. The zero-order valence-electron chi connectivity index (χ0n) is 16.7. The number of hydrogen-bond acceptors (Lipinski definition) is 4. The Labute approximate surface area is 186 Å². The summed E-state index contributed by atoms with van der Waals surface area (Å²) in [5, 5.41) is 21.6. The Morgan fingerprint density at radius 2 is 1.88 bits per heavy atom. The van der Waals surface area contributed by atoms with E-state index < -0.39 is 23.7 Å². The summed E-state index contributed by atoms with van der Waals surface area (Å²) >= 11 is 6.13. The van der Waals surface area contributed by atoms with Crippen LogP contribution in [-0.4, -0.2) is 32.1 Å². The number of carboxylic acids is 1. The molecule has 32 heavy (non-hydrogen) atoms. The van der Waals surface area contributed by atoms with Gasteiger partial charge in [-0.1, -0.05) is 29.8 Å². The van der Waals surface area contributed by atoms with E-state index in [2.05, 4.69) is 15.3 Å². The number of nitrogens with zero attached hydrogens (tertiary/aromatic N) is 1. The van der Waals surface area contributed by atoms with Gasteiger partial charge in [0, 0.05) is 5.56 Å². The molecule has 0 radical (unpaired) electrons. The van der Waals surface area contributed by atoms with Crippen molar-refractivity contribution in [2.45, 2.75) is 13.0 Å². The van der Waals surface area contributed by atoms with Crippen molar-refractivity contribution in [1.29, 1.82) is 0 Å². The van der Waals surface area contributed by atoms with Crippen LogP contribution in [0.5, 0.6) is 5.75 Å². The van der Waals surface area contributed by atoms with Gasteiger partial charge in [-0.05, 0) is 54.4 Å². The molecule has 9 heteroatoms. The molecule has 1 amide bonds. The van der Waals surface area contributed by atoms with Gasteiger partial charge in [-0.2, -0.15) is 0 Å². The van der Waals surface area contributed by atoms with Gasteiger partial charge in [0.1, 0.15) is 17.4 Å². The van der Waals surface area contributed by atoms with Crippen molar-refractivity contribution in [3.05, 3.63) is 82.1 Å². The van der Waals surface area contributed by atoms with Gasteiger partial charge in [-0.3, -0.25) is 4.79 Å². The predicted molar refractivity (Wildman–Crippen MR) is 117 cm³/mol. The van der Waals surface area contributed by atoms with E-state index in [4.69, 9.17) is 11.6 Å². The quantitative estimate of drug-likeness (QED) is 0.352. The number of nitrogens with one attached hydrogen (secondary N) is 2. The highest BCUT2D eigenvalue weighted by atomic mass is 35.5. The van der Waals surface area contributed by atoms with E-state index in [-0.39, 0.29) is 27.7 Å². The van der Waals surface area contributed by atoms with E-state index in [9.17, 15) is 24.2 Å². The molecule has 0 aliphatic rings. The summed E-state index contributed by atoms with van der Waals surface area (Å²) < 4.78 is 14.3. The van der Waals surface area contributed by atoms with E-state index in [1.807, 2.05) is 0 Å². The Morgan fingerprint density at radius 3 is 2.53 bits per heavy atom. The minimum Gasteiger partial charge on any atom is -0.508 e. The molecule has 0 spiro atoms. The fraction of sp³-hybridized carbons (Fsp3) is 0.0870. The lowest BCUT2D eigenvalue weighted by atomic mass is 10.0. The average molecular weight is 454 g/mol. The second kappa shape index (κ2) is 8.32. The molecule has 3 aromatic carbocycles. The van der Waals surface area contributed by atoms with Crippen molar-refractivity contribution < 1.29 is 24.2 Å². The fourth-order valence-electron chi connectivity index (χ4n) is 3.43. The normalized spacial score (nSPS) is 12.0. The Kier molecular flexibility index (Phi) is 5.54. The topological polar surface area (TPSA) is 115 Å². The van der Waals surface area contributed by atoms with E-state index in [1.54, 1.807) is 19.1 Å². The lowest BCUT2D eigenvalue weighted by Crippen LogP contribution is -2.33. The van der Waals surface area contributed by atoms with Crippen LogP contribution in [-0.2, 0) is 4.79 Å². The number of aryl methyl sites for hydroxylation is 1. The van der Waals surface area contributed by atoms with Crippen molar-refractivity contribution in [2.24, 2.45) is 0 Å². The van der Waals surface area contributed by atoms with E-state index >= 15 is 0 Å². The molecule has 162 valence electrons. The molecule has 1 unspecified atom stereocenters. The number of phenols is 1. The van der Waals surface area contributed by atoms with Gasteiger partial charge in [0.2, 0.25) is 0 Å². The summed E-state index contributed by atoms with van der Waals surface area (Å²) in [6, 6.07) is 11.6. The van der Waals surface area contributed by atoms with Gasteiger partial charge in [0.15, 0.2) is 6.04 Å². The SMILES string of the molecule is Cc1cc(C(=O)NC(C(=O)O)c2ccc(O)cc2)cc2[nH]c(-c3c(F)cccc3Cl)nc12. The van der Waals surface area contributed by atoms with Crippen LogP contribution in [0.15, 0.2) is 54.6 Å². The smallest absolute Gasteiger partial charge is 0.330 e. The van der Waals surface area contributed by atoms with Crippen molar-refractivity contribution >= 4 is 34.5 Å². The number of rotatable bonds is 5. The highest BCUT2D eigenvalue weighted by molar-refractivity contribution is 6.33. The zero-order chi connectivity index (χ0) is 23.0. The van der Waals surface area contributed by atoms with Gasteiger partial charge >= 0.3 is 5.97 Å². The Morgan fingerprint density at radius 1 is 1.16 bits per heavy atom. The number of aliphatic carboxylic acids is 1. The molecular weight excluding hydrogens is 437 g/mol. The molecule has 0 fully saturated rings. The first kappa shape index (κ1) is 21.3. The highest BCUT2D eigenvalue weighted by Gasteiger charge is 2.24. The number of phenolic OH excluding ortho intramolecular Hbond substituents is 1. The molecule has 0 bridgehead atoms. The molecule has 1 aromatic heterocycles. The van der Waals surface area contributed by atoms with Crippen LogP contribution in [0.3, 0.4) is 0 Å². The van der Waals surface area contributed by atoms with Crippen LogP contribution in [0, 0.1) is 12.7 Å². The number of amides is 1. The number of fused-ring (bicyclic) bond motifs is 1. The summed E-state index contributed by atoms with van der Waals surface area (Å²) in [6.07, 6.45) is 0. The zero-order valence-corrected chi connectivity index (χ0v) is 17.4. The van der Waals surface area contributed by atoms with Crippen LogP contribution in [0.25, 0.3) is 22.4 Å². The van der Waals surface area contributed by atoms with Gasteiger partial charge < -0.3 is 20.5 Å². The summed E-state index contributed by atoms with van der Waals surface area (Å²) in [5.74, 6) is -2.20. The number of hydrogen-bond donors (Lipinski definition) is 4. The maximum atomic E-state index is 14.3. The monoisotopic (exact) mass is 453 g/mol. The molecule has 0 saturated carbocycles. The first-order valence-electron chi connectivity index (χ1n) is 9.52. The summed E-state index contributed by atoms with van der Waals surface area (Å²) in [7, 11) is 0. The summed E-state index contributed by atoms with van der Waals surface area (Å²) in [5.41, 5.74) is 2.27. The van der Waals surface area contributed by atoms with Crippen molar-refractivity contribution in [2.75, 3.05) is 0 Å². The van der Waals surface area contributed by atoms with Gasteiger partial charge in [0.25, 0.3) is 5.91 Å². The molecule has 4 rings (SSSR count). The first-order chi connectivity index (χ1) is 15.2. The van der Waals surface area contributed by atoms with Gasteiger partial charge in [0.05, 0.1) is 21.6 Å². The minimum absolute atomic E-state index is 0.0182. The number of aromatic nitrogens is 2. The van der Waals surface area contributed by atoms with Gasteiger partial charge in [-0.15, -0.1) is 0 Å². The Hall–Kier alpha value is -3.91. The lowest BCUT2D eigenvalue weighted by molar-refractivity contribution is -0.139. The predicted octanol–water partition coefficient (Wildman–Crippen LogP) is 4.59. The Bertz CT molecular complexity index is 1330. The van der Waals surface area contributed by atoms with E-state index in [0.717, 1.165) is 0 Å². The molecule has 1 atom stereocenters. The third-order valence-electron chi connectivity index (χ3n) is 4.99. The maximum Gasteiger partial charge on any atom is 0.330 e. The number of H-pyrrole nitrogens is 1. The molecule has 4 aromatic rings. The molecule has 7 nitrogen and oxygen atoms in total. The number of carboxylic acid groups (broad SMARTS) is 1. The van der Waals surface area contributed by atoms with Crippen LogP contribution in [0.2, 0.25) is 5.02 Å².